The molecule has 1 aliphatic carbocycles. The number of hydrogen-bond donors (Lipinski definition) is 0. The number of aliphatic imine (C=N–C) groups is 1. The van der Waals surface area contributed by atoms with Gasteiger partial charge >= 0.3 is 6.36 Å². The van der Waals surface area contributed by atoms with Crippen LogP contribution in [0.5, 0.6) is 11.5 Å². The van der Waals surface area contributed by atoms with Gasteiger partial charge in [0.15, 0.2) is 5.78 Å². The highest BCUT2D eigenvalue weighted by atomic mass is 19.4. The first-order valence-electron chi connectivity index (χ1n) is 12.0. The lowest BCUT2D eigenvalue weighted by Crippen LogP contribution is -2.19. The quantitative estimate of drug-likeness (QED) is 0.332. The molecule has 3 aromatic rings. The summed E-state index contributed by atoms with van der Waals surface area (Å²) in [6.45, 7) is 2.05. The van der Waals surface area contributed by atoms with E-state index in [0.717, 1.165) is 30.4 Å². The number of carbonyl (C=O) groups is 1. The first-order chi connectivity index (χ1) is 17.3. The fourth-order valence-corrected chi connectivity index (χ4v) is 4.55. The van der Waals surface area contributed by atoms with Crippen molar-refractivity contribution in [1.82, 2.24) is 0 Å². The van der Waals surface area contributed by atoms with Crippen molar-refractivity contribution >= 4 is 11.5 Å². The average molecular weight is 494 g/mol. The number of benzene rings is 3. The van der Waals surface area contributed by atoms with Crippen LogP contribution in [0.1, 0.15) is 48.4 Å². The van der Waals surface area contributed by atoms with E-state index < -0.39 is 6.36 Å². The van der Waals surface area contributed by atoms with Crippen LogP contribution < -0.4 is 9.47 Å². The minimum absolute atomic E-state index is 0.0356. The van der Waals surface area contributed by atoms with Crippen molar-refractivity contribution in [1.29, 1.82) is 0 Å². The molecule has 1 atom stereocenters. The molecule has 2 aliphatic rings. The Balaban J connectivity index is 1.39. The summed E-state index contributed by atoms with van der Waals surface area (Å²) in [6.07, 6.45) is -1.67. The minimum atomic E-state index is -4.83. The molecule has 1 unspecified atom stereocenters. The largest absolute Gasteiger partial charge is 0.573 e. The van der Waals surface area contributed by atoms with Crippen molar-refractivity contribution in [3.63, 3.8) is 0 Å². The molecule has 36 heavy (non-hydrogen) atoms. The van der Waals surface area contributed by atoms with E-state index in [1.54, 1.807) is 36.4 Å². The average Bonchev–Trinajstić information content (AvgIpc) is 3.60. The van der Waals surface area contributed by atoms with Gasteiger partial charge in [-0.2, -0.15) is 0 Å². The van der Waals surface area contributed by atoms with Gasteiger partial charge in [0.2, 0.25) is 0 Å². The predicted octanol–water partition coefficient (Wildman–Crippen LogP) is 7.24. The number of hydrogen-bond acceptors (Lipinski definition) is 4. The molecule has 5 rings (SSSR count). The number of carbonyl (C=O) groups excluding carboxylic acids is 1. The van der Waals surface area contributed by atoms with Gasteiger partial charge in [-0.1, -0.05) is 42.5 Å². The maximum absolute atomic E-state index is 13.3. The van der Waals surface area contributed by atoms with Gasteiger partial charge in [-0.15, -0.1) is 13.2 Å². The zero-order chi connectivity index (χ0) is 25.3. The van der Waals surface area contributed by atoms with Crippen molar-refractivity contribution in [3.8, 4) is 22.6 Å². The Kier molecular flexibility index (Phi) is 6.56. The van der Waals surface area contributed by atoms with E-state index in [1.165, 1.54) is 6.07 Å². The summed E-state index contributed by atoms with van der Waals surface area (Å²) in [6, 6.07) is 19.6. The molecule has 1 heterocycles. The maximum atomic E-state index is 13.3. The van der Waals surface area contributed by atoms with Gasteiger partial charge in [-0.3, -0.25) is 9.79 Å². The van der Waals surface area contributed by atoms with Crippen molar-refractivity contribution < 1.29 is 27.4 Å². The Bertz CT molecular complexity index is 1290. The number of ketones is 1. The number of nitrogens with zero attached hydrogens (tertiary/aromatic N) is 1. The third kappa shape index (κ3) is 5.61. The molecular formula is C29H26F3NO3. The van der Waals surface area contributed by atoms with E-state index in [9.17, 15) is 18.0 Å². The van der Waals surface area contributed by atoms with E-state index >= 15 is 0 Å². The molecule has 0 bridgehead atoms. The highest BCUT2D eigenvalue weighted by molar-refractivity contribution is 6.04. The summed E-state index contributed by atoms with van der Waals surface area (Å²) >= 11 is 0. The van der Waals surface area contributed by atoms with Crippen LogP contribution >= 0.6 is 0 Å². The summed E-state index contributed by atoms with van der Waals surface area (Å²) in [5.41, 5.74) is 4.44. The molecule has 0 amide bonds. The molecule has 0 saturated heterocycles. The predicted molar refractivity (Wildman–Crippen MR) is 131 cm³/mol. The zero-order valence-electron chi connectivity index (χ0n) is 19.8. The number of ether oxygens (including phenoxy) is 2. The van der Waals surface area contributed by atoms with Crippen molar-refractivity contribution in [2.45, 2.75) is 45.0 Å². The van der Waals surface area contributed by atoms with Crippen molar-refractivity contribution in [2.75, 3.05) is 6.61 Å². The van der Waals surface area contributed by atoms with E-state index in [-0.39, 0.29) is 30.1 Å². The highest BCUT2D eigenvalue weighted by Crippen LogP contribution is 2.38. The third-order valence-corrected chi connectivity index (χ3v) is 6.63. The number of aryl methyl sites for hydroxylation is 1. The molecule has 0 radical (unpaired) electrons. The molecule has 0 aromatic heterocycles. The second-order valence-corrected chi connectivity index (χ2v) is 9.30. The lowest BCUT2D eigenvalue weighted by Gasteiger charge is -2.15. The monoisotopic (exact) mass is 493 g/mol. The first-order valence-corrected chi connectivity index (χ1v) is 12.0. The number of rotatable bonds is 8. The van der Waals surface area contributed by atoms with Crippen LogP contribution in [0.2, 0.25) is 0 Å². The van der Waals surface area contributed by atoms with Gasteiger partial charge in [0.1, 0.15) is 18.1 Å². The van der Waals surface area contributed by atoms with Crippen LogP contribution in [-0.4, -0.2) is 24.5 Å². The second-order valence-electron chi connectivity index (χ2n) is 9.30. The fraction of sp³-hybridized carbons (Fsp3) is 0.310. The highest BCUT2D eigenvalue weighted by Gasteiger charge is 2.34. The van der Waals surface area contributed by atoms with E-state index in [2.05, 4.69) is 4.74 Å². The summed E-state index contributed by atoms with van der Waals surface area (Å²) in [5.74, 6) is 0.507. The van der Waals surface area contributed by atoms with E-state index in [4.69, 9.17) is 9.73 Å². The van der Waals surface area contributed by atoms with E-state index in [1.807, 2.05) is 31.2 Å². The third-order valence-electron chi connectivity index (χ3n) is 6.63. The van der Waals surface area contributed by atoms with Gasteiger partial charge in [0.05, 0.1) is 6.04 Å². The van der Waals surface area contributed by atoms with Crippen LogP contribution in [0.25, 0.3) is 11.1 Å². The summed E-state index contributed by atoms with van der Waals surface area (Å²) < 4.78 is 49.9. The second kappa shape index (κ2) is 9.80. The standard InChI is InChI=1S/C29H26F3NO3/c1-18-4-2-3-5-23(18)25-14-15-26(33-25)24-13-10-21(16-28(24)36-29(30,31)32)19-8-11-22(12-9-19)35-17-27(34)20-6-7-20/h2-5,8-13,16,20,25H,6-7,14-15,17H2,1H3. The lowest BCUT2D eigenvalue weighted by atomic mass is 9.98. The molecule has 7 heteroatoms. The number of halogens is 3. The van der Waals surface area contributed by atoms with Gasteiger partial charge in [-0.05, 0) is 79.1 Å². The molecule has 4 nitrogen and oxygen atoms in total. The number of alkyl halides is 3. The molecule has 0 spiro atoms. The SMILES string of the molecule is Cc1ccccc1C1CCC(c2ccc(-c3ccc(OCC(=O)C4CC4)cc3)cc2OC(F)(F)F)=N1. The summed E-state index contributed by atoms with van der Waals surface area (Å²) in [4.78, 5) is 16.6. The Morgan fingerprint density at radius 2 is 1.69 bits per heavy atom. The molecule has 1 fully saturated rings. The molecular weight excluding hydrogens is 467 g/mol. The summed E-state index contributed by atoms with van der Waals surface area (Å²) in [5, 5.41) is 0. The maximum Gasteiger partial charge on any atom is 0.573 e. The van der Waals surface area contributed by atoms with Crippen LogP contribution in [0.4, 0.5) is 13.2 Å². The van der Waals surface area contributed by atoms with Crippen LogP contribution in [-0.2, 0) is 4.79 Å². The lowest BCUT2D eigenvalue weighted by molar-refractivity contribution is -0.274. The van der Waals surface area contributed by atoms with Gasteiger partial charge in [0.25, 0.3) is 0 Å². The molecule has 3 aromatic carbocycles. The zero-order valence-corrected chi connectivity index (χ0v) is 19.8. The van der Waals surface area contributed by atoms with E-state index in [0.29, 0.717) is 34.6 Å². The van der Waals surface area contributed by atoms with Crippen molar-refractivity contribution in [3.05, 3.63) is 83.4 Å². The molecule has 1 aliphatic heterocycles. The smallest absolute Gasteiger partial charge is 0.486 e. The first kappa shape index (κ1) is 24.1. The van der Waals surface area contributed by atoms with Gasteiger partial charge in [0, 0.05) is 17.2 Å². The Hall–Kier alpha value is -3.61. The number of Topliss-reactive ketones (excluding diaryl/α,β-unsaturated/α-hetero) is 1. The van der Waals surface area contributed by atoms with Crippen molar-refractivity contribution in [2.24, 2.45) is 10.9 Å². The van der Waals surface area contributed by atoms with Crippen LogP contribution in [0, 0.1) is 12.8 Å². The minimum Gasteiger partial charge on any atom is -0.486 e. The molecule has 1 saturated carbocycles. The Morgan fingerprint density at radius 3 is 2.39 bits per heavy atom. The molecule has 0 N–H and O–H groups in total. The van der Waals surface area contributed by atoms with Crippen LogP contribution in [0.3, 0.4) is 0 Å². The van der Waals surface area contributed by atoms with Gasteiger partial charge < -0.3 is 9.47 Å². The Labute approximate surface area is 207 Å². The Morgan fingerprint density at radius 1 is 0.972 bits per heavy atom. The molecule has 186 valence electrons. The van der Waals surface area contributed by atoms with Crippen LogP contribution in [0.15, 0.2) is 71.7 Å². The normalized spacial score (nSPS) is 17.6. The topological polar surface area (TPSA) is 47.9 Å². The summed E-state index contributed by atoms with van der Waals surface area (Å²) in [7, 11) is 0. The fourth-order valence-electron chi connectivity index (χ4n) is 4.55. The van der Waals surface area contributed by atoms with Gasteiger partial charge in [-0.25, -0.2) is 0 Å².